The van der Waals surface area contributed by atoms with Crippen molar-refractivity contribution < 1.29 is 5.11 Å². The molecule has 3 heteroatoms. The number of rotatable bonds is 3. The monoisotopic (exact) mass is 208 g/mol. The Bertz CT molecular complexity index is 308. The highest BCUT2D eigenvalue weighted by Crippen LogP contribution is 2.36. The summed E-state index contributed by atoms with van der Waals surface area (Å²) in [5.74, 6) is 2.53. The topological polar surface area (TPSA) is 48.9 Å². The van der Waals surface area contributed by atoms with Gasteiger partial charge < -0.3 is 10.1 Å². The average Bonchev–Trinajstić information content (AvgIpc) is 2.78. The SMILES string of the molecule is CCC1CCCC(c2ncc(CO)[nH]2)C1. The van der Waals surface area contributed by atoms with Gasteiger partial charge in [0.05, 0.1) is 18.5 Å². The number of aliphatic hydroxyl groups excluding tert-OH is 1. The molecule has 2 atom stereocenters. The van der Waals surface area contributed by atoms with Crippen molar-refractivity contribution in [1.82, 2.24) is 9.97 Å². The van der Waals surface area contributed by atoms with E-state index in [9.17, 15) is 0 Å². The highest BCUT2D eigenvalue weighted by atomic mass is 16.3. The molecule has 0 bridgehead atoms. The fourth-order valence-electron chi connectivity index (χ4n) is 2.57. The third kappa shape index (κ3) is 2.40. The van der Waals surface area contributed by atoms with Crippen molar-refractivity contribution in [1.29, 1.82) is 0 Å². The molecule has 2 N–H and O–H groups in total. The molecule has 0 radical (unpaired) electrons. The van der Waals surface area contributed by atoms with Crippen LogP contribution < -0.4 is 0 Å². The molecule has 0 aliphatic heterocycles. The Kier molecular flexibility index (Phi) is 3.41. The second-order valence-electron chi connectivity index (χ2n) is 4.59. The maximum absolute atomic E-state index is 8.98. The predicted molar refractivity (Wildman–Crippen MR) is 59.5 cm³/mol. The van der Waals surface area contributed by atoms with Crippen LogP contribution in [-0.4, -0.2) is 15.1 Å². The first-order chi connectivity index (χ1) is 7.33. The Hall–Kier alpha value is -0.830. The van der Waals surface area contributed by atoms with Crippen molar-refractivity contribution >= 4 is 0 Å². The zero-order chi connectivity index (χ0) is 10.7. The van der Waals surface area contributed by atoms with Crippen molar-refractivity contribution in [3.8, 4) is 0 Å². The summed E-state index contributed by atoms with van der Waals surface area (Å²) in [7, 11) is 0. The van der Waals surface area contributed by atoms with E-state index >= 15 is 0 Å². The number of nitrogens with one attached hydrogen (secondary N) is 1. The largest absolute Gasteiger partial charge is 0.390 e. The van der Waals surface area contributed by atoms with Crippen LogP contribution in [0.3, 0.4) is 0 Å². The summed E-state index contributed by atoms with van der Waals surface area (Å²) in [5, 5.41) is 8.98. The first-order valence-corrected chi connectivity index (χ1v) is 5.98. The summed E-state index contributed by atoms with van der Waals surface area (Å²) in [6.45, 7) is 2.34. The third-order valence-corrected chi connectivity index (χ3v) is 3.57. The maximum atomic E-state index is 8.98. The van der Waals surface area contributed by atoms with E-state index in [1.807, 2.05) is 0 Å². The minimum Gasteiger partial charge on any atom is -0.390 e. The smallest absolute Gasteiger partial charge is 0.109 e. The lowest BCUT2D eigenvalue weighted by Gasteiger charge is -2.27. The molecule has 1 saturated carbocycles. The quantitative estimate of drug-likeness (QED) is 0.802. The van der Waals surface area contributed by atoms with Crippen molar-refractivity contribution in [2.24, 2.45) is 5.92 Å². The Balaban J connectivity index is 2.03. The van der Waals surface area contributed by atoms with Gasteiger partial charge in [-0.2, -0.15) is 0 Å². The molecule has 15 heavy (non-hydrogen) atoms. The second-order valence-corrected chi connectivity index (χ2v) is 4.59. The van der Waals surface area contributed by atoms with Crippen molar-refractivity contribution in [3.05, 3.63) is 17.7 Å². The van der Waals surface area contributed by atoms with Crippen LogP contribution in [0.1, 0.15) is 56.5 Å². The van der Waals surface area contributed by atoms with Crippen LogP contribution in [0.2, 0.25) is 0 Å². The van der Waals surface area contributed by atoms with E-state index in [1.165, 1.54) is 32.1 Å². The maximum Gasteiger partial charge on any atom is 0.109 e. The summed E-state index contributed by atoms with van der Waals surface area (Å²) in [5.41, 5.74) is 0.837. The van der Waals surface area contributed by atoms with E-state index < -0.39 is 0 Å². The summed E-state index contributed by atoms with van der Waals surface area (Å²) in [4.78, 5) is 7.58. The standard InChI is InChI=1S/C12H20N2O/c1-2-9-4-3-5-10(6-9)12-13-7-11(8-15)14-12/h7,9-10,15H,2-6,8H2,1H3,(H,13,14). The van der Waals surface area contributed by atoms with Gasteiger partial charge in [-0.25, -0.2) is 4.98 Å². The Morgan fingerprint density at radius 1 is 1.53 bits per heavy atom. The first kappa shape index (κ1) is 10.7. The Morgan fingerprint density at radius 3 is 3.07 bits per heavy atom. The zero-order valence-electron chi connectivity index (χ0n) is 9.37. The summed E-state index contributed by atoms with van der Waals surface area (Å²) >= 11 is 0. The van der Waals surface area contributed by atoms with Gasteiger partial charge in [0.1, 0.15) is 5.82 Å². The number of aromatic nitrogens is 2. The van der Waals surface area contributed by atoms with Gasteiger partial charge in [0.25, 0.3) is 0 Å². The molecular formula is C12H20N2O. The molecule has 1 fully saturated rings. The minimum atomic E-state index is 0.0664. The normalized spacial score (nSPS) is 26.8. The van der Waals surface area contributed by atoms with Gasteiger partial charge in [0, 0.05) is 5.92 Å². The molecule has 2 unspecified atom stereocenters. The molecule has 0 spiro atoms. The number of hydrogen-bond donors (Lipinski definition) is 2. The number of hydrogen-bond acceptors (Lipinski definition) is 2. The number of aliphatic hydroxyl groups is 1. The fraction of sp³-hybridized carbons (Fsp3) is 0.750. The van der Waals surface area contributed by atoms with Crippen molar-refractivity contribution in [2.45, 2.75) is 51.6 Å². The molecule has 1 aliphatic carbocycles. The lowest BCUT2D eigenvalue weighted by molar-refractivity contribution is 0.276. The number of nitrogens with zero attached hydrogens (tertiary/aromatic N) is 1. The van der Waals surface area contributed by atoms with E-state index in [0.717, 1.165) is 17.4 Å². The predicted octanol–water partition coefficient (Wildman–Crippen LogP) is 2.59. The molecule has 0 amide bonds. The van der Waals surface area contributed by atoms with E-state index in [4.69, 9.17) is 5.11 Å². The van der Waals surface area contributed by atoms with Crippen LogP contribution in [0, 0.1) is 5.92 Å². The van der Waals surface area contributed by atoms with E-state index in [1.54, 1.807) is 6.20 Å². The molecule has 1 aromatic rings. The first-order valence-electron chi connectivity index (χ1n) is 5.98. The molecule has 0 saturated heterocycles. The Labute approximate surface area is 90.9 Å². The molecule has 2 rings (SSSR count). The van der Waals surface area contributed by atoms with Crippen LogP contribution >= 0.6 is 0 Å². The molecule has 1 aromatic heterocycles. The van der Waals surface area contributed by atoms with Gasteiger partial charge in [-0.05, 0) is 18.8 Å². The number of H-pyrrole nitrogens is 1. The van der Waals surface area contributed by atoms with Gasteiger partial charge in [0.2, 0.25) is 0 Å². The molecular weight excluding hydrogens is 188 g/mol. The summed E-state index contributed by atoms with van der Waals surface area (Å²) < 4.78 is 0. The van der Waals surface area contributed by atoms with E-state index in [0.29, 0.717) is 5.92 Å². The highest BCUT2D eigenvalue weighted by Gasteiger charge is 2.23. The Morgan fingerprint density at radius 2 is 2.40 bits per heavy atom. The number of aromatic amines is 1. The van der Waals surface area contributed by atoms with Crippen LogP contribution in [-0.2, 0) is 6.61 Å². The second kappa shape index (κ2) is 4.79. The fourth-order valence-corrected chi connectivity index (χ4v) is 2.57. The van der Waals surface area contributed by atoms with Gasteiger partial charge >= 0.3 is 0 Å². The van der Waals surface area contributed by atoms with Crippen LogP contribution in [0.25, 0.3) is 0 Å². The zero-order valence-corrected chi connectivity index (χ0v) is 9.37. The van der Waals surface area contributed by atoms with E-state index in [2.05, 4.69) is 16.9 Å². The third-order valence-electron chi connectivity index (χ3n) is 3.57. The van der Waals surface area contributed by atoms with Crippen molar-refractivity contribution in [2.75, 3.05) is 0 Å². The van der Waals surface area contributed by atoms with Gasteiger partial charge in [-0.1, -0.05) is 26.2 Å². The molecule has 0 aromatic carbocycles. The summed E-state index contributed by atoms with van der Waals surface area (Å²) in [6, 6.07) is 0. The average molecular weight is 208 g/mol. The van der Waals surface area contributed by atoms with Gasteiger partial charge in [0.15, 0.2) is 0 Å². The minimum absolute atomic E-state index is 0.0664. The number of imidazole rings is 1. The summed E-state index contributed by atoms with van der Waals surface area (Å²) in [6.07, 6.45) is 8.23. The molecule has 84 valence electrons. The lowest BCUT2D eigenvalue weighted by Crippen LogP contribution is -2.14. The molecule has 3 nitrogen and oxygen atoms in total. The molecule has 1 heterocycles. The van der Waals surface area contributed by atoms with Gasteiger partial charge in [-0.3, -0.25) is 0 Å². The highest BCUT2D eigenvalue weighted by molar-refractivity contribution is 5.05. The van der Waals surface area contributed by atoms with Crippen LogP contribution in [0.15, 0.2) is 6.20 Å². The van der Waals surface area contributed by atoms with E-state index in [-0.39, 0.29) is 6.61 Å². The van der Waals surface area contributed by atoms with Crippen molar-refractivity contribution in [3.63, 3.8) is 0 Å². The molecule has 1 aliphatic rings. The van der Waals surface area contributed by atoms with Crippen LogP contribution in [0.4, 0.5) is 0 Å². The lowest BCUT2D eigenvalue weighted by atomic mass is 9.80. The van der Waals surface area contributed by atoms with Crippen LogP contribution in [0.5, 0.6) is 0 Å². The van der Waals surface area contributed by atoms with Gasteiger partial charge in [-0.15, -0.1) is 0 Å².